The van der Waals surface area contributed by atoms with E-state index in [0.29, 0.717) is 10.8 Å². The molecule has 1 rings (SSSR count). The molecule has 2 unspecified atom stereocenters. The first-order valence-corrected chi connectivity index (χ1v) is 5.47. The highest BCUT2D eigenvalue weighted by Gasteiger charge is 2.63. The minimum atomic E-state index is 0.433. The number of rotatable bonds is 3. The minimum absolute atomic E-state index is 0.433. The van der Waals surface area contributed by atoms with Crippen molar-refractivity contribution in [1.82, 2.24) is 0 Å². The lowest BCUT2D eigenvalue weighted by molar-refractivity contribution is 0.228. The van der Waals surface area contributed by atoms with Crippen LogP contribution in [0.15, 0.2) is 0 Å². The monoisotopic (exact) mass is 188 g/mol. The molecular weight excluding hydrogens is 168 g/mol. The third-order valence-corrected chi connectivity index (χ3v) is 4.57. The van der Waals surface area contributed by atoms with E-state index in [-0.39, 0.29) is 0 Å². The average molecular weight is 189 g/mol. The molecule has 0 aliphatic heterocycles. The predicted molar refractivity (Wildman–Crippen MR) is 55.6 cm³/mol. The summed E-state index contributed by atoms with van der Waals surface area (Å²) >= 11 is 6.08. The van der Waals surface area contributed by atoms with Gasteiger partial charge in [0.15, 0.2) is 0 Å². The van der Waals surface area contributed by atoms with Crippen molar-refractivity contribution >= 4 is 11.6 Å². The van der Waals surface area contributed by atoms with Crippen molar-refractivity contribution in [2.75, 3.05) is 5.88 Å². The van der Waals surface area contributed by atoms with Crippen molar-refractivity contribution in [1.29, 1.82) is 0 Å². The molecule has 0 radical (unpaired) electrons. The van der Waals surface area contributed by atoms with Crippen molar-refractivity contribution in [2.24, 2.45) is 22.7 Å². The lowest BCUT2D eigenvalue weighted by Crippen LogP contribution is -2.24. The number of halogens is 1. The topological polar surface area (TPSA) is 0 Å². The molecular formula is C11H21Cl. The molecule has 1 aliphatic rings. The minimum Gasteiger partial charge on any atom is -0.126 e. The van der Waals surface area contributed by atoms with E-state index in [1.165, 1.54) is 6.42 Å². The van der Waals surface area contributed by atoms with E-state index >= 15 is 0 Å². The zero-order valence-corrected chi connectivity index (χ0v) is 9.70. The van der Waals surface area contributed by atoms with Gasteiger partial charge in [0.25, 0.3) is 0 Å². The molecule has 1 saturated carbocycles. The lowest BCUT2D eigenvalue weighted by atomic mass is 9.79. The summed E-state index contributed by atoms with van der Waals surface area (Å²) in [5.41, 5.74) is 0.918. The van der Waals surface area contributed by atoms with Crippen LogP contribution in [0.2, 0.25) is 0 Å². The van der Waals surface area contributed by atoms with Crippen LogP contribution in [0, 0.1) is 22.7 Å². The summed E-state index contributed by atoms with van der Waals surface area (Å²) in [5.74, 6) is 2.34. The van der Waals surface area contributed by atoms with Gasteiger partial charge >= 0.3 is 0 Å². The second-order valence-electron chi connectivity index (χ2n) is 5.38. The molecule has 72 valence electrons. The Morgan fingerprint density at radius 3 is 1.75 bits per heavy atom. The Bertz CT molecular complexity index is 172. The summed E-state index contributed by atoms with van der Waals surface area (Å²) < 4.78 is 0. The summed E-state index contributed by atoms with van der Waals surface area (Å²) in [6.07, 6.45) is 1.31. The van der Waals surface area contributed by atoms with E-state index in [2.05, 4.69) is 34.6 Å². The van der Waals surface area contributed by atoms with Crippen molar-refractivity contribution in [3.05, 3.63) is 0 Å². The maximum absolute atomic E-state index is 6.08. The van der Waals surface area contributed by atoms with Crippen molar-refractivity contribution in [3.63, 3.8) is 0 Å². The molecule has 0 aromatic heterocycles. The van der Waals surface area contributed by atoms with Gasteiger partial charge in [-0.3, -0.25) is 0 Å². The first-order valence-electron chi connectivity index (χ1n) is 4.93. The van der Waals surface area contributed by atoms with Gasteiger partial charge in [0.2, 0.25) is 0 Å². The standard InChI is InChI=1S/C11H21Cl/c1-8(2)9(3)11(7-12)6-10(11,4)5/h8-9H,6-7H2,1-5H3. The Kier molecular flexibility index (Phi) is 2.51. The van der Waals surface area contributed by atoms with Crippen LogP contribution >= 0.6 is 11.6 Å². The highest BCUT2D eigenvalue weighted by molar-refractivity contribution is 6.18. The first kappa shape index (κ1) is 10.4. The molecule has 0 bridgehead atoms. The van der Waals surface area contributed by atoms with E-state index in [1.807, 2.05) is 0 Å². The fourth-order valence-corrected chi connectivity index (χ4v) is 3.21. The van der Waals surface area contributed by atoms with Crippen LogP contribution in [0.3, 0.4) is 0 Å². The van der Waals surface area contributed by atoms with E-state index in [4.69, 9.17) is 11.6 Å². The van der Waals surface area contributed by atoms with Crippen molar-refractivity contribution < 1.29 is 0 Å². The maximum Gasteiger partial charge on any atom is 0.0287 e. The molecule has 0 saturated heterocycles. The average Bonchev–Trinajstić information content (AvgIpc) is 2.53. The normalized spacial score (nSPS) is 35.2. The van der Waals surface area contributed by atoms with Gasteiger partial charge in [-0.15, -0.1) is 11.6 Å². The molecule has 2 atom stereocenters. The van der Waals surface area contributed by atoms with Gasteiger partial charge in [0.05, 0.1) is 0 Å². The molecule has 0 nitrogen and oxygen atoms in total. The Labute approximate surface area is 81.7 Å². The third-order valence-electron chi connectivity index (χ3n) is 4.09. The Morgan fingerprint density at radius 1 is 1.25 bits per heavy atom. The van der Waals surface area contributed by atoms with E-state index in [1.54, 1.807) is 0 Å². The molecule has 1 aliphatic carbocycles. The molecule has 0 N–H and O–H groups in total. The van der Waals surface area contributed by atoms with Gasteiger partial charge in [-0.25, -0.2) is 0 Å². The smallest absolute Gasteiger partial charge is 0.0287 e. The molecule has 1 fully saturated rings. The van der Waals surface area contributed by atoms with Crippen LogP contribution in [0.4, 0.5) is 0 Å². The van der Waals surface area contributed by atoms with Crippen molar-refractivity contribution in [2.45, 2.75) is 41.0 Å². The highest BCUT2D eigenvalue weighted by Crippen LogP contribution is 2.69. The van der Waals surface area contributed by atoms with Gasteiger partial charge < -0.3 is 0 Å². The molecule has 0 spiro atoms. The van der Waals surface area contributed by atoms with Crippen LogP contribution < -0.4 is 0 Å². The fraction of sp³-hybridized carbons (Fsp3) is 1.00. The maximum atomic E-state index is 6.08. The molecule has 0 amide bonds. The summed E-state index contributed by atoms with van der Waals surface area (Å²) in [6, 6.07) is 0. The van der Waals surface area contributed by atoms with E-state index in [9.17, 15) is 0 Å². The van der Waals surface area contributed by atoms with Gasteiger partial charge in [-0.2, -0.15) is 0 Å². The van der Waals surface area contributed by atoms with Crippen LogP contribution in [0.25, 0.3) is 0 Å². The molecule has 12 heavy (non-hydrogen) atoms. The Balaban J connectivity index is 2.72. The molecule has 0 aromatic rings. The second kappa shape index (κ2) is 2.90. The summed E-state index contributed by atoms with van der Waals surface area (Å²) in [7, 11) is 0. The summed E-state index contributed by atoms with van der Waals surface area (Å²) in [5, 5.41) is 0. The van der Waals surface area contributed by atoms with Crippen molar-refractivity contribution in [3.8, 4) is 0 Å². The Hall–Kier alpha value is 0.290. The van der Waals surface area contributed by atoms with Crippen LogP contribution in [0.5, 0.6) is 0 Å². The lowest BCUT2D eigenvalue weighted by Gasteiger charge is -2.28. The van der Waals surface area contributed by atoms with Crippen LogP contribution in [-0.2, 0) is 0 Å². The molecule has 1 heteroatoms. The quantitative estimate of drug-likeness (QED) is 0.589. The summed E-state index contributed by atoms with van der Waals surface area (Å²) in [4.78, 5) is 0. The van der Waals surface area contributed by atoms with E-state index in [0.717, 1.165) is 17.7 Å². The van der Waals surface area contributed by atoms with Gasteiger partial charge in [-0.05, 0) is 29.1 Å². The van der Waals surface area contributed by atoms with Crippen LogP contribution in [0.1, 0.15) is 41.0 Å². The van der Waals surface area contributed by atoms with E-state index < -0.39 is 0 Å². The highest BCUT2D eigenvalue weighted by atomic mass is 35.5. The third kappa shape index (κ3) is 1.28. The number of hydrogen-bond donors (Lipinski definition) is 0. The SMILES string of the molecule is CC(C)C(C)C1(CCl)CC1(C)C. The molecule has 0 heterocycles. The largest absolute Gasteiger partial charge is 0.126 e. The summed E-state index contributed by atoms with van der Waals surface area (Å²) in [6.45, 7) is 11.6. The zero-order valence-electron chi connectivity index (χ0n) is 8.95. The van der Waals surface area contributed by atoms with Gasteiger partial charge in [0.1, 0.15) is 0 Å². The number of hydrogen-bond acceptors (Lipinski definition) is 0. The first-order chi connectivity index (χ1) is 5.37. The van der Waals surface area contributed by atoms with Gasteiger partial charge in [-0.1, -0.05) is 34.6 Å². The second-order valence-corrected chi connectivity index (χ2v) is 5.65. The zero-order chi connectivity index (χ0) is 9.57. The Morgan fingerprint density at radius 2 is 1.67 bits per heavy atom. The van der Waals surface area contributed by atoms with Crippen LogP contribution in [-0.4, -0.2) is 5.88 Å². The number of alkyl halides is 1. The fourth-order valence-electron chi connectivity index (χ4n) is 2.51. The molecule has 0 aromatic carbocycles. The van der Waals surface area contributed by atoms with Gasteiger partial charge in [0, 0.05) is 5.88 Å². The predicted octanol–water partition coefficient (Wildman–Crippen LogP) is 3.93.